The summed E-state index contributed by atoms with van der Waals surface area (Å²) < 4.78 is 0. The zero-order chi connectivity index (χ0) is 14.9. The molecule has 1 aromatic rings. The number of hydrogen-bond donors (Lipinski definition) is 0. The highest BCUT2D eigenvalue weighted by atomic mass is 79.9. The number of alkyl halides is 1. The van der Waals surface area contributed by atoms with Crippen molar-refractivity contribution >= 4 is 27.3 Å². The molecule has 5 heteroatoms. The van der Waals surface area contributed by atoms with Crippen LogP contribution in [-0.2, 0) is 5.33 Å². The van der Waals surface area contributed by atoms with Gasteiger partial charge in [0.2, 0.25) is 0 Å². The van der Waals surface area contributed by atoms with Gasteiger partial charge >= 0.3 is 0 Å². The summed E-state index contributed by atoms with van der Waals surface area (Å²) in [6, 6.07) is 5.24. The van der Waals surface area contributed by atoms with Crippen LogP contribution in [0.3, 0.4) is 0 Å². The molecule has 1 saturated heterocycles. The Bertz CT molecular complexity index is 531. The number of piperidine rings is 1. The summed E-state index contributed by atoms with van der Waals surface area (Å²) in [4.78, 5) is 13.0. The second-order valence-electron chi connectivity index (χ2n) is 6.40. The zero-order valence-corrected chi connectivity index (χ0v) is 13.8. The predicted molar refractivity (Wildman–Crippen MR) is 88.1 cm³/mol. The first-order valence-corrected chi connectivity index (χ1v) is 8.84. The van der Waals surface area contributed by atoms with Gasteiger partial charge in [0.25, 0.3) is 5.69 Å². The van der Waals surface area contributed by atoms with Crippen LogP contribution in [0, 0.1) is 15.5 Å². The highest BCUT2D eigenvalue weighted by molar-refractivity contribution is 9.08. The Balaban J connectivity index is 1.77. The van der Waals surface area contributed by atoms with Gasteiger partial charge in [0.05, 0.1) is 4.92 Å². The molecule has 1 heterocycles. The third kappa shape index (κ3) is 2.93. The molecule has 114 valence electrons. The Morgan fingerprint density at radius 2 is 1.86 bits per heavy atom. The molecule has 0 bridgehead atoms. The number of benzene rings is 1. The van der Waals surface area contributed by atoms with E-state index in [2.05, 4.69) is 20.8 Å². The average molecular weight is 353 g/mol. The van der Waals surface area contributed by atoms with Crippen molar-refractivity contribution in [1.29, 1.82) is 0 Å². The van der Waals surface area contributed by atoms with E-state index in [4.69, 9.17) is 0 Å². The van der Waals surface area contributed by atoms with Gasteiger partial charge in [-0.05, 0) is 42.7 Å². The second kappa shape index (κ2) is 5.95. The second-order valence-corrected chi connectivity index (χ2v) is 6.96. The molecule has 3 rings (SSSR count). The molecule has 0 unspecified atom stereocenters. The maximum atomic E-state index is 10.9. The average Bonchev–Trinajstić information content (AvgIpc) is 2.95. The third-order valence-electron chi connectivity index (χ3n) is 5.25. The lowest BCUT2D eigenvalue weighted by Gasteiger charge is -2.41. The molecule has 1 spiro atoms. The summed E-state index contributed by atoms with van der Waals surface area (Å²) in [5.74, 6) is 0. The molecule has 1 aliphatic heterocycles. The van der Waals surface area contributed by atoms with Crippen molar-refractivity contribution in [3.05, 3.63) is 33.9 Å². The molecule has 4 nitrogen and oxygen atoms in total. The van der Waals surface area contributed by atoms with E-state index < -0.39 is 0 Å². The van der Waals surface area contributed by atoms with E-state index in [-0.39, 0.29) is 10.6 Å². The monoisotopic (exact) mass is 352 g/mol. The van der Waals surface area contributed by atoms with Crippen molar-refractivity contribution in [3.63, 3.8) is 0 Å². The van der Waals surface area contributed by atoms with Crippen molar-refractivity contribution in [1.82, 2.24) is 0 Å². The molecule has 0 aromatic heterocycles. The van der Waals surface area contributed by atoms with Crippen LogP contribution < -0.4 is 4.90 Å². The first-order chi connectivity index (χ1) is 10.1. The molecule has 1 saturated carbocycles. The van der Waals surface area contributed by atoms with Gasteiger partial charge in [0.15, 0.2) is 0 Å². The maximum Gasteiger partial charge on any atom is 0.269 e. The third-order valence-corrected chi connectivity index (χ3v) is 5.85. The number of non-ortho nitro benzene ring substituents is 1. The molecule has 21 heavy (non-hydrogen) atoms. The minimum atomic E-state index is -0.320. The first-order valence-electron chi connectivity index (χ1n) is 7.72. The van der Waals surface area contributed by atoms with E-state index in [0.717, 1.165) is 24.3 Å². The number of nitrogens with zero attached hydrogens (tertiary/aromatic N) is 2. The zero-order valence-electron chi connectivity index (χ0n) is 12.2. The Morgan fingerprint density at radius 3 is 2.43 bits per heavy atom. The van der Waals surface area contributed by atoms with Crippen LogP contribution in [0.1, 0.15) is 44.1 Å². The lowest BCUT2D eigenvalue weighted by atomic mass is 9.77. The first kappa shape index (κ1) is 14.8. The smallest absolute Gasteiger partial charge is 0.269 e. The van der Waals surface area contributed by atoms with Crippen molar-refractivity contribution in [2.45, 2.75) is 43.9 Å². The number of halogens is 1. The summed E-state index contributed by atoms with van der Waals surface area (Å²) in [5.41, 5.74) is 2.96. The summed E-state index contributed by atoms with van der Waals surface area (Å²) in [6.45, 7) is 2.16. The van der Waals surface area contributed by atoms with Gasteiger partial charge in [-0.15, -0.1) is 0 Å². The van der Waals surface area contributed by atoms with Crippen molar-refractivity contribution in [3.8, 4) is 0 Å². The van der Waals surface area contributed by atoms with Gasteiger partial charge in [-0.3, -0.25) is 10.1 Å². The number of anilines is 1. The van der Waals surface area contributed by atoms with Gasteiger partial charge in [0.1, 0.15) is 0 Å². The van der Waals surface area contributed by atoms with E-state index in [1.165, 1.54) is 38.5 Å². The molecule has 1 aliphatic carbocycles. The number of nitro groups is 1. The van der Waals surface area contributed by atoms with Gasteiger partial charge in [-0.25, -0.2) is 0 Å². The van der Waals surface area contributed by atoms with E-state index in [0.29, 0.717) is 10.7 Å². The lowest BCUT2D eigenvalue weighted by Crippen LogP contribution is -2.39. The van der Waals surface area contributed by atoms with E-state index in [1.54, 1.807) is 12.1 Å². The van der Waals surface area contributed by atoms with Crippen LogP contribution in [0.2, 0.25) is 0 Å². The van der Waals surface area contributed by atoms with Crippen molar-refractivity contribution in [2.75, 3.05) is 18.0 Å². The summed E-state index contributed by atoms with van der Waals surface area (Å²) in [7, 11) is 0. The van der Waals surface area contributed by atoms with Crippen LogP contribution in [0.4, 0.5) is 11.4 Å². The van der Waals surface area contributed by atoms with Crippen LogP contribution >= 0.6 is 15.9 Å². The number of hydrogen-bond acceptors (Lipinski definition) is 3. The molecular weight excluding hydrogens is 332 g/mol. The minimum absolute atomic E-state index is 0.178. The molecule has 2 aliphatic rings. The van der Waals surface area contributed by atoms with Gasteiger partial charge < -0.3 is 4.90 Å². The lowest BCUT2D eigenvalue weighted by molar-refractivity contribution is -0.384. The van der Waals surface area contributed by atoms with E-state index in [9.17, 15) is 10.1 Å². The maximum absolute atomic E-state index is 10.9. The minimum Gasteiger partial charge on any atom is -0.371 e. The molecular formula is C16H21BrN2O2. The molecule has 1 aromatic carbocycles. The Hall–Kier alpha value is -1.10. The Labute approximate surface area is 133 Å². The fourth-order valence-corrected chi connectivity index (χ4v) is 4.40. The number of rotatable bonds is 3. The summed E-state index contributed by atoms with van der Waals surface area (Å²) in [5, 5.41) is 11.6. The van der Waals surface area contributed by atoms with Crippen molar-refractivity contribution < 1.29 is 4.92 Å². The van der Waals surface area contributed by atoms with Crippen LogP contribution in [0.25, 0.3) is 0 Å². The summed E-state index contributed by atoms with van der Waals surface area (Å²) >= 11 is 3.47. The quantitative estimate of drug-likeness (QED) is 0.451. The molecule has 0 amide bonds. The Kier molecular flexibility index (Phi) is 4.20. The molecule has 2 fully saturated rings. The fraction of sp³-hybridized carbons (Fsp3) is 0.625. The topological polar surface area (TPSA) is 46.4 Å². The SMILES string of the molecule is O=[N+]([O-])c1ccc(N2CCC3(CCCC3)CC2)c(CBr)c1. The van der Waals surface area contributed by atoms with Crippen LogP contribution in [-0.4, -0.2) is 18.0 Å². The van der Waals surface area contributed by atoms with Gasteiger partial charge in [-0.2, -0.15) is 0 Å². The summed E-state index contributed by atoms with van der Waals surface area (Å²) in [6.07, 6.45) is 8.12. The number of nitro benzene ring substituents is 1. The fourth-order valence-electron chi connectivity index (χ4n) is 3.95. The highest BCUT2D eigenvalue weighted by Crippen LogP contribution is 2.47. The predicted octanol–water partition coefficient (Wildman–Crippen LogP) is 4.65. The molecule has 0 radical (unpaired) electrons. The Morgan fingerprint density at radius 1 is 1.19 bits per heavy atom. The van der Waals surface area contributed by atoms with Gasteiger partial charge in [0, 0.05) is 36.2 Å². The normalized spacial score (nSPS) is 20.9. The van der Waals surface area contributed by atoms with Crippen LogP contribution in [0.15, 0.2) is 18.2 Å². The highest BCUT2D eigenvalue weighted by Gasteiger charge is 2.37. The van der Waals surface area contributed by atoms with Gasteiger partial charge in [-0.1, -0.05) is 28.8 Å². The van der Waals surface area contributed by atoms with Crippen molar-refractivity contribution in [2.24, 2.45) is 5.41 Å². The van der Waals surface area contributed by atoms with E-state index in [1.807, 2.05) is 6.07 Å². The van der Waals surface area contributed by atoms with E-state index >= 15 is 0 Å². The molecule has 0 N–H and O–H groups in total. The standard InChI is InChI=1S/C16H21BrN2O2/c17-12-13-11-14(19(20)21)3-4-15(13)18-9-7-16(8-10-18)5-1-2-6-16/h3-4,11H,1-2,5-10,12H2. The van der Waals surface area contributed by atoms with Crippen LogP contribution in [0.5, 0.6) is 0 Å². The molecule has 0 atom stereocenters. The largest absolute Gasteiger partial charge is 0.371 e.